The van der Waals surface area contributed by atoms with Gasteiger partial charge in [-0.05, 0) is 46.4 Å². The topological polar surface area (TPSA) is 41.0 Å². The first kappa shape index (κ1) is 15.8. The molecular formula is C11H13BrClF3N4. The van der Waals surface area contributed by atoms with Gasteiger partial charge in [-0.15, -0.1) is 0 Å². The molecule has 2 rings (SSSR count). The number of alkyl halides is 3. The molecule has 1 unspecified atom stereocenters. The molecule has 0 bridgehead atoms. The van der Waals surface area contributed by atoms with E-state index in [4.69, 9.17) is 11.6 Å². The highest BCUT2D eigenvalue weighted by molar-refractivity contribution is 9.10. The van der Waals surface area contributed by atoms with Crippen molar-refractivity contribution in [3.8, 4) is 0 Å². The standard InChI is InChI=1S/C11H13BrClF3N4/c12-8-4-18-10(13)19-9(8)17-3-7-1-2-20(5-7)6-11(14,15)16/h4,7H,1-3,5-6H2,(H,17,18,19). The Hall–Kier alpha value is -0.600. The maximum atomic E-state index is 12.3. The van der Waals surface area contributed by atoms with Crippen molar-refractivity contribution in [2.75, 3.05) is 31.5 Å². The lowest BCUT2D eigenvalue weighted by Crippen LogP contribution is -2.33. The van der Waals surface area contributed by atoms with Gasteiger partial charge in [0.25, 0.3) is 0 Å². The number of aromatic nitrogens is 2. The summed E-state index contributed by atoms with van der Waals surface area (Å²) in [5.41, 5.74) is 0. The number of nitrogens with zero attached hydrogens (tertiary/aromatic N) is 3. The molecule has 1 aromatic heterocycles. The molecule has 1 fully saturated rings. The maximum absolute atomic E-state index is 12.3. The Morgan fingerprint density at radius 3 is 2.95 bits per heavy atom. The molecule has 0 spiro atoms. The van der Waals surface area contributed by atoms with Crippen molar-refractivity contribution < 1.29 is 13.2 Å². The highest BCUT2D eigenvalue weighted by Crippen LogP contribution is 2.24. The van der Waals surface area contributed by atoms with E-state index in [1.807, 2.05) is 0 Å². The summed E-state index contributed by atoms with van der Waals surface area (Å²) in [7, 11) is 0. The van der Waals surface area contributed by atoms with Crippen molar-refractivity contribution in [2.45, 2.75) is 12.6 Å². The number of anilines is 1. The van der Waals surface area contributed by atoms with Gasteiger partial charge < -0.3 is 5.32 Å². The predicted octanol–water partition coefficient (Wildman–Crippen LogP) is 3.19. The Morgan fingerprint density at radius 1 is 1.50 bits per heavy atom. The van der Waals surface area contributed by atoms with Crippen molar-refractivity contribution >= 4 is 33.3 Å². The van der Waals surface area contributed by atoms with Gasteiger partial charge in [-0.3, -0.25) is 4.90 Å². The Balaban J connectivity index is 1.82. The first-order valence-electron chi connectivity index (χ1n) is 6.04. The molecule has 1 aliphatic heterocycles. The van der Waals surface area contributed by atoms with Crippen LogP contribution in [0, 0.1) is 5.92 Å². The summed E-state index contributed by atoms with van der Waals surface area (Å²) >= 11 is 8.98. The third kappa shape index (κ3) is 4.75. The van der Waals surface area contributed by atoms with E-state index < -0.39 is 12.7 Å². The van der Waals surface area contributed by atoms with Gasteiger partial charge in [-0.25, -0.2) is 4.98 Å². The molecule has 0 aliphatic carbocycles. The zero-order valence-electron chi connectivity index (χ0n) is 10.4. The molecule has 1 saturated heterocycles. The van der Waals surface area contributed by atoms with Crippen molar-refractivity contribution in [1.29, 1.82) is 0 Å². The molecule has 1 aliphatic rings. The van der Waals surface area contributed by atoms with E-state index in [1.54, 1.807) is 0 Å². The molecule has 0 saturated carbocycles. The lowest BCUT2D eigenvalue weighted by Gasteiger charge is -2.18. The van der Waals surface area contributed by atoms with Gasteiger partial charge in [-0.2, -0.15) is 18.2 Å². The van der Waals surface area contributed by atoms with Gasteiger partial charge in [0.2, 0.25) is 5.28 Å². The van der Waals surface area contributed by atoms with Crippen LogP contribution in [0.4, 0.5) is 19.0 Å². The summed E-state index contributed by atoms with van der Waals surface area (Å²) < 4.78 is 37.5. The van der Waals surface area contributed by atoms with E-state index in [1.165, 1.54) is 11.1 Å². The van der Waals surface area contributed by atoms with Crippen LogP contribution in [0.2, 0.25) is 5.28 Å². The molecule has 1 aromatic rings. The van der Waals surface area contributed by atoms with E-state index in [9.17, 15) is 13.2 Å². The van der Waals surface area contributed by atoms with E-state index in [2.05, 4.69) is 31.2 Å². The smallest absolute Gasteiger partial charge is 0.369 e. The monoisotopic (exact) mass is 372 g/mol. The van der Waals surface area contributed by atoms with Crippen LogP contribution in [0.1, 0.15) is 6.42 Å². The van der Waals surface area contributed by atoms with Gasteiger partial charge in [0, 0.05) is 19.3 Å². The average Bonchev–Trinajstić information content (AvgIpc) is 2.75. The number of hydrogen-bond acceptors (Lipinski definition) is 4. The van der Waals surface area contributed by atoms with Gasteiger partial charge in [0.15, 0.2) is 0 Å². The van der Waals surface area contributed by atoms with E-state index in [-0.39, 0.29) is 11.2 Å². The fourth-order valence-corrected chi connectivity index (χ4v) is 2.65. The molecule has 1 N–H and O–H groups in total. The van der Waals surface area contributed by atoms with Gasteiger partial charge in [-0.1, -0.05) is 0 Å². The van der Waals surface area contributed by atoms with E-state index >= 15 is 0 Å². The highest BCUT2D eigenvalue weighted by atomic mass is 79.9. The molecule has 112 valence electrons. The second-order valence-electron chi connectivity index (χ2n) is 4.72. The molecule has 4 nitrogen and oxygen atoms in total. The predicted molar refractivity (Wildman–Crippen MR) is 73.8 cm³/mol. The summed E-state index contributed by atoms with van der Waals surface area (Å²) in [6, 6.07) is 0. The van der Waals surface area contributed by atoms with Gasteiger partial charge in [0.1, 0.15) is 5.82 Å². The van der Waals surface area contributed by atoms with Crippen molar-refractivity contribution in [1.82, 2.24) is 14.9 Å². The quantitative estimate of drug-likeness (QED) is 0.823. The first-order chi connectivity index (χ1) is 9.33. The SMILES string of the molecule is FC(F)(F)CN1CCC(CNc2nc(Cl)ncc2Br)C1. The number of rotatable bonds is 4. The second-order valence-corrected chi connectivity index (χ2v) is 5.91. The van der Waals surface area contributed by atoms with Crippen LogP contribution in [0.15, 0.2) is 10.7 Å². The summed E-state index contributed by atoms with van der Waals surface area (Å²) in [5.74, 6) is 0.720. The highest BCUT2D eigenvalue weighted by Gasteiger charge is 2.34. The lowest BCUT2D eigenvalue weighted by atomic mass is 10.1. The number of hydrogen-bond donors (Lipinski definition) is 1. The first-order valence-corrected chi connectivity index (χ1v) is 7.21. The Bertz CT molecular complexity index is 471. The average molecular weight is 374 g/mol. The van der Waals surface area contributed by atoms with Crippen LogP contribution in [0.3, 0.4) is 0 Å². The lowest BCUT2D eigenvalue weighted by molar-refractivity contribution is -0.143. The van der Waals surface area contributed by atoms with E-state index in [0.29, 0.717) is 29.9 Å². The van der Waals surface area contributed by atoms with Crippen molar-refractivity contribution in [3.05, 3.63) is 16.0 Å². The fraction of sp³-hybridized carbons (Fsp3) is 0.636. The maximum Gasteiger partial charge on any atom is 0.401 e. The summed E-state index contributed by atoms with van der Waals surface area (Å²) in [5, 5.41) is 3.21. The third-order valence-electron chi connectivity index (χ3n) is 3.05. The number of halogens is 5. The largest absolute Gasteiger partial charge is 0.401 e. The minimum absolute atomic E-state index is 0.126. The zero-order chi connectivity index (χ0) is 14.8. The van der Waals surface area contributed by atoms with Crippen LogP contribution < -0.4 is 5.32 Å². The molecular weight excluding hydrogens is 361 g/mol. The van der Waals surface area contributed by atoms with Crippen LogP contribution in [-0.4, -0.2) is 47.2 Å². The van der Waals surface area contributed by atoms with Gasteiger partial charge in [0.05, 0.1) is 11.0 Å². The van der Waals surface area contributed by atoms with Crippen molar-refractivity contribution in [3.63, 3.8) is 0 Å². The van der Waals surface area contributed by atoms with E-state index in [0.717, 1.165) is 6.42 Å². The summed E-state index contributed by atoms with van der Waals surface area (Å²) in [4.78, 5) is 9.25. The number of likely N-dealkylation sites (tertiary alicyclic amines) is 1. The normalized spacial score (nSPS) is 20.4. The molecule has 1 atom stereocenters. The third-order valence-corrected chi connectivity index (χ3v) is 3.81. The molecule has 20 heavy (non-hydrogen) atoms. The zero-order valence-corrected chi connectivity index (χ0v) is 12.8. The molecule has 9 heteroatoms. The fourth-order valence-electron chi connectivity index (χ4n) is 2.19. The van der Waals surface area contributed by atoms with Gasteiger partial charge >= 0.3 is 6.18 Å². The van der Waals surface area contributed by atoms with Crippen LogP contribution >= 0.6 is 27.5 Å². The van der Waals surface area contributed by atoms with Crippen molar-refractivity contribution in [2.24, 2.45) is 5.92 Å². The Morgan fingerprint density at radius 2 is 2.25 bits per heavy atom. The van der Waals surface area contributed by atoms with Crippen LogP contribution in [0.25, 0.3) is 0 Å². The summed E-state index contributed by atoms with van der Waals surface area (Å²) in [6.07, 6.45) is -1.87. The Kier molecular flexibility index (Phi) is 5.09. The summed E-state index contributed by atoms with van der Waals surface area (Å²) in [6.45, 7) is 0.618. The number of nitrogens with one attached hydrogen (secondary N) is 1. The Labute approximate surface area is 127 Å². The molecule has 0 aromatic carbocycles. The molecule has 0 amide bonds. The minimum atomic E-state index is -4.13. The minimum Gasteiger partial charge on any atom is -0.369 e. The van der Waals surface area contributed by atoms with Crippen LogP contribution in [-0.2, 0) is 0 Å². The van der Waals surface area contributed by atoms with Crippen LogP contribution in [0.5, 0.6) is 0 Å². The molecule has 2 heterocycles. The molecule has 0 radical (unpaired) electrons. The second kappa shape index (κ2) is 6.44.